The van der Waals surface area contributed by atoms with Gasteiger partial charge in [-0.3, -0.25) is 0 Å². The molecule has 0 aliphatic heterocycles. The predicted molar refractivity (Wildman–Crippen MR) is 59.4 cm³/mol. The van der Waals surface area contributed by atoms with E-state index >= 15 is 0 Å². The Hall–Kier alpha value is -0.790. The van der Waals surface area contributed by atoms with E-state index in [1.807, 2.05) is 0 Å². The topological polar surface area (TPSA) is 66.5 Å². The number of phenolic OH excluding ortho intramolecular Hbond substituents is 1. The normalized spacial score (nSPS) is 13.8. The summed E-state index contributed by atoms with van der Waals surface area (Å²) in [5.74, 6) is -0.541. The standard InChI is InChI=1S/C10H11BrF3NO2/c11-6-2-1-5(10(12,13)14)8(9(6)17)7(15)3-4-16/h1-2,7,16-17H,3-4,15H2/t7-/m0/s1. The van der Waals surface area contributed by atoms with Crippen LogP contribution in [0.25, 0.3) is 0 Å². The first-order valence-corrected chi connectivity index (χ1v) is 5.53. The minimum absolute atomic E-state index is 0.0624. The van der Waals surface area contributed by atoms with Crippen LogP contribution in [0, 0.1) is 0 Å². The van der Waals surface area contributed by atoms with Gasteiger partial charge in [-0.2, -0.15) is 13.2 Å². The third-order valence-electron chi connectivity index (χ3n) is 2.28. The Morgan fingerprint density at radius 2 is 1.94 bits per heavy atom. The smallest absolute Gasteiger partial charge is 0.416 e. The highest BCUT2D eigenvalue weighted by molar-refractivity contribution is 9.10. The van der Waals surface area contributed by atoms with Gasteiger partial charge in [-0.25, -0.2) is 0 Å². The van der Waals surface area contributed by atoms with Crippen molar-refractivity contribution in [1.29, 1.82) is 0 Å². The highest BCUT2D eigenvalue weighted by Gasteiger charge is 2.36. The van der Waals surface area contributed by atoms with Gasteiger partial charge in [-0.05, 0) is 34.5 Å². The van der Waals surface area contributed by atoms with E-state index in [-0.39, 0.29) is 17.5 Å². The molecule has 0 saturated carbocycles. The van der Waals surface area contributed by atoms with E-state index in [2.05, 4.69) is 15.9 Å². The van der Waals surface area contributed by atoms with Gasteiger partial charge < -0.3 is 15.9 Å². The third-order valence-corrected chi connectivity index (χ3v) is 2.92. The van der Waals surface area contributed by atoms with Gasteiger partial charge in [0.1, 0.15) is 5.75 Å². The molecule has 1 atom stereocenters. The number of rotatable bonds is 3. The number of alkyl halides is 3. The molecule has 96 valence electrons. The van der Waals surface area contributed by atoms with Crippen LogP contribution in [0.5, 0.6) is 5.75 Å². The number of hydrogen-bond donors (Lipinski definition) is 3. The summed E-state index contributed by atoms with van der Waals surface area (Å²) in [6.07, 6.45) is -4.66. The SMILES string of the molecule is N[C@@H](CCO)c1c(C(F)(F)F)ccc(Br)c1O. The van der Waals surface area contributed by atoms with E-state index < -0.39 is 29.1 Å². The Kier molecular flexibility index (Phi) is 4.40. The van der Waals surface area contributed by atoms with Crippen molar-refractivity contribution < 1.29 is 23.4 Å². The lowest BCUT2D eigenvalue weighted by Crippen LogP contribution is -2.18. The minimum Gasteiger partial charge on any atom is -0.506 e. The zero-order chi connectivity index (χ0) is 13.2. The maximum absolute atomic E-state index is 12.7. The zero-order valence-electron chi connectivity index (χ0n) is 8.63. The molecule has 0 aromatic heterocycles. The Balaban J connectivity index is 3.36. The molecular weight excluding hydrogens is 303 g/mol. The quantitative estimate of drug-likeness (QED) is 0.803. The van der Waals surface area contributed by atoms with Gasteiger partial charge >= 0.3 is 6.18 Å². The monoisotopic (exact) mass is 313 g/mol. The number of aliphatic hydroxyl groups is 1. The lowest BCUT2D eigenvalue weighted by molar-refractivity contribution is -0.138. The van der Waals surface area contributed by atoms with E-state index in [4.69, 9.17) is 10.8 Å². The molecule has 1 aromatic carbocycles. The van der Waals surface area contributed by atoms with Gasteiger partial charge in [0.2, 0.25) is 0 Å². The second-order valence-corrected chi connectivity index (χ2v) is 4.33. The highest BCUT2D eigenvalue weighted by atomic mass is 79.9. The van der Waals surface area contributed by atoms with Crippen LogP contribution in [0.2, 0.25) is 0 Å². The fourth-order valence-corrected chi connectivity index (χ4v) is 1.83. The van der Waals surface area contributed by atoms with Crippen molar-refractivity contribution in [2.75, 3.05) is 6.61 Å². The molecule has 17 heavy (non-hydrogen) atoms. The van der Waals surface area contributed by atoms with Crippen molar-refractivity contribution in [2.45, 2.75) is 18.6 Å². The first kappa shape index (κ1) is 14.3. The number of aliphatic hydroxyl groups excluding tert-OH is 1. The van der Waals surface area contributed by atoms with Crippen LogP contribution in [-0.2, 0) is 6.18 Å². The van der Waals surface area contributed by atoms with E-state index in [1.165, 1.54) is 0 Å². The summed E-state index contributed by atoms with van der Waals surface area (Å²) in [5, 5.41) is 18.3. The van der Waals surface area contributed by atoms with Crippen LogP contribution in [0.1, 0.15) is 23.6 Å². The van der Waals surface area contributed by atoms with E-state index in [0.717, 1.165) is 12.1 Å². The molecule has 0 heterocycles. The Morgan fingerprint density at radius 3 is 2.41 bits per heavy atom. The Bertz CT molecular complexity index is 409. The fourth-order valence-electron chi connectivity index (χ4n) is 1.49. The average Bonchev–Trinajstić information content (AvgIpc) is 2.20. The molecule has 0 spiro atoms. The van der Waals surface area contributed by atoms with Crippen molar-refractivity contribution in [3.8, 4) is 5.75 Å². The molecule has 0 fully saturated rings. The third kappa shape index (κ3) is 3.11. The summed E-state index contributed by atoms with van der Waals surface area (Å²) in [6, 6.07) is 0.873. The van der Waals surface area contributed by atoms with Crippen LogP contribution < -0.4 is 5.73 Å². The molecule has 0 amide bonds. The molecule has 0 aliphatic rings. The molecular formula is C10H11BrF3NO2. The molecule has 3 nitrogen and oxygen atoms in total. The first-order chi connectivity index (χ1) is 7.79. The second-order valence-electron chi connectivity index (χ2n) is 3.47. The van der Waals surface area contributed by atoms with Gasteiger partial charge in [0.15, 0.2) is 0 Å². The Morgan fingerprint density at radius 1 is 1.35 bits per heavy atom. The lowest BCUT2D eigenvalue weighted by atomic mass is 9.97. The molecule has 0 saturated heterocycles. The maximum Gasteiger partial charge on any atom is 0.416 e. The molecule has 0 unspecified atom stereocenters. The summed E-state index contributed by atoms with van der Waals surface area (Å²) in [7, 11) is 0. The Labute approximate surface area is 104 Å². The van der Waals surface area contributed by atoms with E-state index in [1.54, 1.807) is 0 Å². The second kappa shape index (κ2) is 5.24. The van der Waals surface area contributed by atoms with Crippen LogP contribution in [0.15, 0.2) is 16.6 Å². The number of hydrogen-bond acceptors (Lipinski definition) is 3. The van der Waals surface area contributed by atoms with Gasteiger partial charge in [0.25, 0.3) is 0 Å². The van der Waals surface area contributed by atoms with E-state index in [0.29, 0.717) is 0 Å². The molecule has 0 bridgehead atoms. The van der Waals surface area contributed by atoms with E-state index in [9.17, 15) is 18.3 Å². The number of aromatic hydroxyl groups is 1. The summed E-state index contributed by atoms with van der Waals surface area (Å²) in [6.45, 7) is -0.357. The van der Waals surface area contributed by atoms with Crippen molar-refractivity contribution in [1.82, 2.24) is 0 Å². The van der Waals surface area contributed by atoms with Gasteiger partial charge in [0.05, 0.1) is 10.0 Å². The summed E-state index contributed by atoms with van der Waals surface area (Å²) in [4.78, 5) is 0. The fraction of sp³-hybridized carbons (Fsp3) is 0.400. The predicted octanol–water partition coefficient (Wildman–Crippen LogP) is 2.56. The van der Waals surface area contributed by atoms with Gasteiger partial charge in [-0.15, -0.1) is 0 Å². The zero-order valence-corrected chi connectivity index (χ0v) is 10.2. The molecule has 7 heteroatoms. The average molecular weight is 314 g/mol. The summed E-state index contributed by atoms with van der Waals surface area (Å²) in [5.41, 5.74) is 4.14. The summed E-state index contributed by atoms with van der Waals surface area (Å²) >= 11 is 2.93. The van der Waals surface area contributed by atoms with Gasteiger partial charge in [-0.1, -0.05) is 0 Å². The maximum atomic E-state index is 12.7. The van der Waals surface area contributed by atoms with Crippen molar-refractivity contribution in [3.05, 3.63) is 27.7 Å². The van der Waals surface area contributed by atoms with Crippen LogP contribution >= 0.6 is 15.9 Å². The number of phenols is 1. The molecule has 0 radical (unpaired) electrons. The van der Waals surface area contributed by atoms with Crippen LogP contribution in [-0.4, -0.2) is 16.8 Å². The minimum atomic E-state index is -4.60. The summed E-state index contributed by atoms with van der Waals surface area (Å²) < 4.78 is 38.3. The number of benzene rings is 1. The first-order valence-electron chi connectivity index (χ1n) is 4.74. The van der Waals surface area contributed by atoms with Crippen molar-refractivity contribution in [2.24, 2.45) is 5.73 Å². The highest BCUT2D eigenvalue weighted by Crippen LogP contribution is 2.42. The lowest BCUT2D eigenvalue weighted by Gasteiger charge is -2.19. The van der Waals surface area contributed by atoms with Crippen molar-refractivity contribution in [3.63, 3.8) is 0 Å². The van der Waals surface area contributed by atoms with Crippen LogP contribution in [0.4, 0.5) is 13.2 Å². The largest absolute Gasteiger partial charge is 0.506 e. The van der Waals surface area contributed by atoms with Crippen LogP contribution in [0.3, 0.4) is 0 Å². The molecule has 1 rings (SSSR count). The molecule has 0 aliphatic carbocycles. The molecule has 4 N–H and O–H groups in total. The molecule has 1 aromatic rings. The number of halogens is 4. The number of nitrogens with two attached hydrogens (primary N) is 1. The van der Waals surface area contributed by atoms with Crippen molar-refractivity contribution >= 4 is 15.9 Å². The van der Waals surface area contributed by atoms with Gasteiger partial charge in [0, 0.05) is 18.2 Å².